The van der Waals surface area contributed by atoms with Gasteiger partial charge in [-0.3, -0.25) is 4.90 Å². The number of urea groups is 1. The second kappa shape index (κ2) is 4.53. The van der Waals surface area contributed by atoms with E-state index in [2.05, 4.69) is 10.6 Å². The molecule has 86 valence electrons. The molecule has 1 atom stereocenters. The van der Waals surface area contributed by atoms with Crippen LogP contribution >= 0.6 is 0 Å². The Labute approximate surface area is 95.6 Å². The van der Waals surface area contributed by atoms with E-state index in [0.29, 0.717) is 0 Å². The van der Waals surface area contributed by atoms with Crippen molar-refractivity contribution >= 4 is 11.7 Å². The quantitative estimate of drug-likeness (QED) is 0.800. The minimum absolute atomic E-state index is 0.00847. The summed E-state index contributed by atoms with van der Waals surface area (Å²) in [5.41, 5.74) is 2.14. The van der Waals surface area contributed by atoms with Crippen molar-refractivity contribution in [3.63, 3.8) is 0 Å². The van der Waals surface area contributed by atoms with Crippen LogP contribution in [0.2, 0.25) is 0 Å². The van der Waals surface area contributed by atoms with Crippen LogP contribution < -0.4 is 15.5 Å². The first-order chi connectivity index (χ1) is 7.70. The van der Waals surface area contributed by atoms with Gasteiger partial charge < -0.3 is 10.6 Å². The molecule has 2 rings (SSSR count). The Balaban J connectivity index is 2.13. The predicted octanol–water partition coefficient (Wildman–Crippen LogP) is 1.11. The summed E-state index contributed by atoms with van der Waals surface area (Å²) in [6, 6.07) is 8.19. The van der Waals surface area contributed by atoms with E-state index in [1.807, 2.05) is 38.2 Å². The maximum Gasteiger partial charge on any atom is 0.322 e. The number of anilines is 1. The molecular formula is C12H17N3O. The first kappa shape index (κ1) is 11.0. The van der Waals surface area contributed by atoms with Crippen molar-refractivity contribution in [2.75, 3.05) is 25.0 Å². The highest BCUT2D eigenvalue weighted by Crippen LogP contribution is 2.19. The number of carbonyl (C=O) groups excluding carboxylic acids is 1. The number of rotatable bonds is 3. The summed E-state index contributed by atoms with van der Waals surface area (Å²) in [4.78, 5) is 13.5. The van der Waals surface area contributed by atoms with Crippen molar-refractivity contribution in [3.05, 3.63) is 29.8 Å². The van der Waals surface area contributed by atoms with Crippen LogP contribution in [0.1, 0.15) is 5.56 Å². The number of carbonyl (C=O) groups is 1. The molecule has 0 bridgehead atoms. The zero-order chi connectivity index (χ0) is 11.5. The van der Waals surface area contributed by atoms with Crippen molar-refractivity contribution in [2.45, 2.75) is 13.0 Å². The Bertz CT molecular complexity index is 392. The Morgan fingerprint density at radius 2 is 2.38 bits per heavy atom. The number of amides is 2. The lowest BCUT2D eigenvalue weighted by Gasteiger charge is -2.15. The number of nitrogens with one attached hydrogen (secondary N) is 2. The summed E-state index contributed by atoms with van der Waals surface area (Å²) in [7, 11) is 1.89. The first-order valence-corrected chi connectivity index (χ1v) is 5.50. The van der Waals surface area contributed by atoms with E-state index in [9.17, 15) is 4.79 Å². The molecule has 4 nitrogen and oxygen atoms in total. The standard InChI is InChI=1S/C12H17N3O/c1-9-4-3-5-11(6-9)15-8-10(7-13-2)14-12(15)16/h3-6,10,13H,7-8H2,1-2H3,(H,14,16). The van der Waals surface area contributed by atoms with Crippen molar-refractivity contribution in [3.8, 4) is 0 Å². The van der Waals surface area contributed by atoms with Gasteiger partial charge in [-0.05, 0) is 31.7 Å². The molecule has 1 aromatic rings. The van der Waals surface area contributed by atoms with Crippen LogP contribution in [0.15, 0.2) is 24.3 Å². The molecule has 0 aliphatic carbocycles. The summed E-state index contributed by atoms with van der Waals surface area (Å²) in [5.74, 6) is 0. The van der Waals surface area contributed by atoms with Gasteiger partial charge in [-0.25, -0.2) is 4.79 Å². The van der Waals surface area contributed by atoms with Gasteiger partial charge in [-0.15, -0.1) is 0 Å². The molecule has 0 spiro atoms. The molecule has 1 aromatic carbocycles. The van der Waals surface area contributed by atoms with Gasteiger partial charge in [-0.2, -0.15) is 0 Å². The Morgan fingerprint density at radius 1 is 1.56 bits per heavy atom. The fourth-order valence-corrected chi connectivity index (χ4v) is 1.98. The van der Waals surface area contributed by atoms with Gasteiger partial charge in [0.15, 0.2) is 0 Å². The molecule has 1 unspecified atom stereocenters. The van der Waals surface area contributed by atoms with E-state index < -0.39 is 0 Å². The van der Waals surface area contributed by atoms with Crippen LogP contribution in [0.4, 0.5) is 10.5 Å². The summed E-state index contributed by atoms with van der Waals surface area (Å²) < 4.78 is 0. The van der Waals surface area contributed by atoms with E-state index in [0.717, 1.165) is 18.8 Å². The summed E-state index contributed by atoms with van der Waals surface area (Å²) in [6.07, 6.45) is 0. The molecule has 4 heteroatoms. The molecule has 2 N–H and O–H groups in total. The van der Waals surface area contributed by atoms with Gasteiger partial charge in [0.25, 0.3) is 0 Å². The second-order valence-corrected chi connectivity index (χ2v) is 4.15. The summed E-state index contributed by atoms with van der Waals surface area (Å²) in [6.45, 7) is 3.56. The molecule has 0 aromatic heterocycles. The fourth-order valence-electron chi connectivity index (χ4n) is 1.98. The smallest absolute Gasteiger partial charge is 0.322 e. The van der Waals surface area contributed by atoms with Gasteiger partial charge >= 0.3 is 6.03 Å². The van der Waals surface area contributed by atoms with E-state index >= 15 is 0 Å². The zero-order valence-corrected chi connectivity index (χ0v) is 9.66. The summed E-state index contributed by atoms with van der Waals surface area (Å²) >= 11 is 0. The third kappa shape index (κ3) is 2.17. The van der Waals surface area contributed by atoms with Crippen LogP contribution in [0, 0.1) is 6.92 Å². The van der Waals surface area contributed by atoms with E-state index in [-0.39, 0.29) is 12.1 Å². The van der Waals surface area contributed by atoms with E-state index in [4.69, 9.17) is 0 Å². The van der Waals surface area contributed by atoms with Crippen LogP contribution in [0.25, 0.3) is 0 Å². The van der Waals surface area contributed by atoms with Crippen molar-refractivity contribution in [2.24, 2.45) is 0 Å². The van der Waals surface area contributed by atoms with E-state index in [1.165, 1.54) is 5.56 Å². The molecular weight excluding hydrogens is 202 g/mol. The predicted molar refractivity (Wildman–Crippen MR) is 64.8 cm³/mol. The number of hydrogen-bond acceptors (Lipinski definition) is 2. The topological polar surface area (TPSA) is 44.4 Å². The minimum atomic E-state index is -0.00847. The minimum Gasteiger partial charge on any atom is -0.332 e. The average Bonchev–Trinajstić information content (AvgIpc) is 2.60. The monoisotopic (exact) mass is 219 g/mol. The van der Waals surface area contributed by atoms with Crippen molar-refractivity contribution < 1.29 is 4.79 Å². The van der Waals surface area contributed by atoms with Crippen molar-refractivity contribution in [1.82, 2.24) is 10.6 Å². The van der Waals surface area contributed by atoms with Gasteiger partial charge in [0, 0.05) is 18.8 Å². The Kier molecular flexibility index (Phi) is 3.10. The highest BCUT2D eigenvalue weighted by atomic mass is 16.2. The third-order valence-electron chi connectivity index (χ3n) is 2.74. The fraction of sp³-hybridized carbons (Fsp3) is 0.417. The van der Waals surface area contributed by atoms with Crippen LogP contribution in [-0.2, 0) is 0 Å². The van der Waals surface area contributed by atoms with E-state index in [1.54, 1.807) is 4.90 Å². The SMILES string of the molecule is CNCC1CN(c2cccc(C)c2)C(=O)N1. The van der Waals surface area contributed by atoms with Crippen molar-refractivity contribution in [1.29, 1.82) is 0 Å². The normalized spacial score (nSPS) is 20.0. The maximum atomic E-state index is 11.8. The molecule has 1 aliphatic heterocycles. The number of hydrogen-bond donors (Lipinski definition) is 2. The molecule has 2 amide bonds. The van der Waals surface area contributed by atoms with Gasteiger partial charge in [-0.1, -0.05) is 12.1 Å². The lowest BCUT2D eigenvalue weighted by atomic mass is 10.2. The number of benzene rings is 1. The highest BCUT2D eigenvalue weighted by molar-refractivity contribution is 5.94. The van der Waals surface area contributed by atoms with Gasteiger partial charge in [0.2, 0.25) is 0 Å². The summed E-state index contributed by atoms with van der Waals surface area (Å²) in [5, 5.41) is 6.02. The molecule has 0 saturated carbocycles. The molecule has 1 heterocycles. The lowest BCUT2D eigenvalue weighted by molar-refractivity contribution is 0.251. The second-order valence-electron chi connectivity index (χ2n) is 4.15. The molecule has 1 fully saturated rings. The zero-order valence-electron chi connectivity index (χ0n) is 9.66. The maximum absolute atomic E-state index is 11.8. The Morgan fingerprint density at radius 3 is 3.06 bits per heavy atom. The molecule has 1 aliphatic rings. The highest BCUT2D eigenvalue weighted by Gasteiger charge is 2.28. The largest absolute Gasteiger partial charge is 0.332 e. The molecule has 1 saturated heterocycles. The number of nitrogens with zero attached hydrogens (tertiary/aromatic N) is 1. The van der Waals surface area contributed by atoms with Crippen LogP contribution in [-0.4, -0.2) is 32.2 Å². The van der Waals surface area contributed by atoms with Crippen LogP contribution in [0.3, 0.4) is 0 Å². The number of likely N-dealkylation sites (N-methyl/N-ethyl adjacent to an activating group) is 1. The first-order valence-electron chi connectivity index (χ1n) is 5.50. The number of aryl methyl sites for hydroxylation is 1. The lowest BCUT2D eigenvalue weighted by Crippen LogP contribution is -2.35. The van der Waals surface area contributed by atoms with Gasteiger partial charge in [0.1, 0.15) is 0 Å². The van der Waals surface area contributed by atoms with Gasteiger partial charge in [0.05, 0.1) is 6.04 Å². The Hall–Kier alpha value is -1.55. The average molecular weight is 219 g/mol. The van der Waals surface area contributed by atoms with Crippen LogP contribution in [0.5, 0.6) is 0 Å². The molecule has 16 heavy (non-hydrogen) atoms. The third-order valence-corrected chi connectivity index (χ3v) is 2.74. The molecule has 0 radical (unpaired) electrons.